The van der Waals surface area contributed by atoms with E-state index in [1.807, 2.05) is 13.8 Å². The number of hydrogen-bond donors (Lipinski definition) is 1. The Balaban J connectivity index is 2.28. The molecule has 2 rings (SSSR count). The van der Waals surface area contributed by atoms with Gasteiger partial charge in [0.2, 0.25) is 0 Å². The standard InChI is InChI=1S/C12H10BrF2N3OS/c1-5(2)10-11(20-18-17-10)12(19)16-9-4-7(14)6(13)3-8(9)15/h3-5H,1-2H3,(H,16,19). The molecule has 0 saturated heterocycles. The molecule has 0 bridgehead atoms. The van der Waals surface area contributed by atoms with Crippen LogP contribution >= 0.6 is 27.5 Å². The van der Waals surface area contributed by atoms with E-state index in [-0.39, 0.29) is 16.1 Å². The molecule has 0 saturated carbocycles. The quantitative estimate of drug-likeness (QED) is 0.842. The molecule has 1 N–H and O–H groups in total. The third-order valence-corrected chi connectivity index (χ3v) is 3.87. The van der Waals surface area contributed by atoms with E-state index in [1.54, 1.807) is 0 Å². The summed E-state index contributed by atoms with van der Waals surface area (Å²) >= 11 is 3.79. The van der Waals surface area contributed by atoms with Gasteiger partial charge in [-0.25, -0.2) is 8.78 Å². The number of benzene rings is 1. The molecule has 2 aromatic rings. The van der Waals surface area contributed by atoms with Crippen LogP contribution < -0.4 is 5.32 Å². The Morgan fingerprint density at radius 1 is 1.35 bits per heavy atom. The van der Waals surface area contributed by atoms with Crippen LogP contribution in [0.25, 0.3) is 0 Å². The molecule has 0 spiro atoms. The van der Waals surface area contributed by atoms with E-state index in [0.29, 0.717) is 10.6 Å². The van der Waals surface area contributed by atoms with Gasteiger partial charge in [-0.05, 0) is 39.4 Å². The van der Waals surface area contributed by atoms with Crippen LogP contribution in [0.15, 0.2) is 16.6 Å². The van der Waals surface area contributed by atoms with Gasteiger partial charge in [-0.2, -0.15) is 0 Å². The zero-order chi connectivity index (χ0) is 14.9. The number of anilines is 1. The highest BCUT2D eigenvalue weighted by Gasteiger charge is 2.20. The van der Waals surface area contributed by atoms with Crippen LogP contribution in [0.2, 0.25) is 0 Å². The number of aromatic nitrogens is 2. The lowest BCUT2D eigenvalue weighted by Crippen LogP contribution is -2.14. The molecular formula is C12H10BrF2N3OS. The van der Waals surface area contributed by atoms with E-state index in [2.05, 4.69) is 30.8 Å². The Morgan fingerprint density at radius 2 is 2.05 bits per heavy atom. The molecule has 1 amide bonds. The Morgan fingerprint density at radius 3 is 2.70 bits per heavy atom. The maximum Gasteiger partial charge on any atom is 0.269 e. The summed E-state index contributed by atoms with van der Waals surface area (Å²) in [6.45, 7) is 3.74. The Kier molecular flexibility index (Phi) is 4.44. The Bertz CT molecular complexity index is 660. The number of carbonyl (C=O) groups excluding carboxylic acids is 1. The first-order valence-electron chi connectivity index (χ1n) is 5.68. The molecular weight excluding hydrogens is 352 g/mol. The van der Waals surface area contributed by atoms with Crippen molar-refractivity contribution in [2.45, 2.75) is 19.8 Å². The Hall–Kier alpha value is -1.41. The maximum absolute atomic E-state index is 13.7. The summed E-state index contributed by atoms with van der Waals surface area (Å²) in [5, 5.41) is 6.20. The van der Waals surface area contributed by atoms with Gasteiger partial charge in [0.25, 0.3) is 5.91 Å². The zero-order valence-electron chi connectivity index (χ0n) is 10.6. The average Bonchev–Trinajstić information content (AvgIpc) is 2.85. The summed E-state index contributed by atoms with van der Waals surface area (Å²) in [4.78, 5) is 12.4. The number of halogens is 3. The van der Waals surface area contributed by atoms with Gasteiger partial charge in [0, 0.05) is 6.07 Å². The monoisotopic (exact) mass is 361 g/mol. The molecule has 0 aliphatic rings. The number of hydrogen-bond acceptors (Lipinski definition) is 4. The lowest BCUT2D eigenvalue weighted by atomic mass is 10.1. The zero-order valence-corrected chi connectivity index (χ0v) is 13.0. The summed E-state index contributed by atoms with van der Waals surface area (Å²) in [5.41, 5.74) is 0.310. The van der Waals surface area contributed by atoms with Crippen LogP contribution in [-0.2, 0) is 0 Å². The second kappa shape index (κ2) is 5.92. The van der Waals surface area contributed by atoms with Crippen molar-refractivity contribution in [3.8, 4) is 0 Å². The second-order valence-electron chi connectivity index (χ2n) is 4.34. The first-order chi connectivity index (χ1) is 9.40. The van der Waals surface area contributed by atoms with Crippen LogP contribution in [0.3, 0.4) is 0 Å². The highest BCUT2D eigenvalue weighted by molar-refractivity contribution is 9.10. The summed E-state index contributed by atoms with van der Waals surface area (Å²) in [7, 11) is 0. The van der Waals surface area contributed by atoms with Crippen molar-refractivity contribution >= 4 is 39.1 Å². The summed E-state index contributed by atoms with van der Waals surface area (Å²) in [6.07, 6.45) is 0. The van der Waals surface area contributed by atoms with Crippen LogP contribution in [0.1, 0.15) is 35.1 Å². The molecule has 0 atom stereocenters. The van der Waals surface area contributed by atoms with Gasteiger partial charge in [-0.1, -0.05) is 18.3 Å². The van der Waals surface area contributed by atoms with E-state index < -0.39 is 17.5 Å². The molecule has 4 nitrogen and oxygen atoms in total. The first-order valence-corrected chi connectivity index (χ1v) is 7.25. The van der Waals surface area contributed by atoms with Crippen LogP contribution in [0, 0.1) is 11.6 Å². The minimum absolute atomic E-state index is 0.00433. The lowest BCUT2D eigenvalue weighted by Gasteiger charge is -2.08. The van der Waals surface area contributed by atoms with Crippen molar-refractivity contribution in [1.82, 2.24) is 9.59 Å². The molecule has 0 unspecified atom stereocenters. The van der Waals surface area contributed by atoms with Gasteiger partial charge in [0.05, 0.1) is 15.9 Å². The van der Waals surface area contributed by atoms with Gasteiger partial charge in [-0.3, -0.25) is 4.79 Å². The smallest absolute Gasteiger partial charge is 0.269 e. The fraction of sp³-hybridized carbons (Fsp3) is 0.250. The molecule has 0 aliphatic carbocycles. The predicted molar refractivity (Wildman–Crippen MR) is 76.0 cm³/mol. The van der Waals surface area contributed by atoms with E-state index >= 15 is 0 Å². The second-order valence-corrected chi connectivity index (χ2v) is 5.95. The number of carbonyl (C=O) groups is 1. The normalized spacial score (nSPS) is 10.9. The molecule has 1 aromatic heterocycles. The topological polar surface area (TPSA) is 54.9 Å². The number of amides is 1. The minimum atomic E-state index is -0.727. The fourth-order valence-electron chi connectivity index (χ4n) is 1.53. The molecule has 1 aromatic carbocycles. The van der Waals surface area contributed by atoms with Crippen molar-refractivity contribution < 1.29 is 13.6 Å². The summed E-state index contributed by atoms with van der Waals surface area (Å²) in [6, 6.07) is 1.88. The molecule has 0 fully saturated rings. The van der Waals surface area contributed by atoms with E-state index in [1.165, 1.54) is 0 Å². The molecule has 0 aliphatic heterocycles. The largest absolute Gasteiger partial charge is 0.319 e. The third kappa shape index (κ3) is 3.01. The van der Waals surface area contributed by atoms with E-state index in [9.17, 15) is 13.6 Å². The highest BCUT2D eigenvalue weighted by atomic mass is 79.9. The van der Waals surface area contributed by atoms with Crippen LogP contribution in [0.5, 0.6) is 0 Å². The summed E-state index contributed by atoms with van der Waals surface area (Å²) < 4.78 is 30.7. The molecule has 0 radical (unpaired) electrons. The van der Waals surface area contributed by atoms with E-state index in [4.69, 9.17) is 0 Å². The highest BCUT2D eigenvalue weighted by Crippen LogP contribution is 2.25. The van der Waals surface area contributed by atoms with Gasteiger partial charge in [0.15, 0.2) is 0 Å². The third-order valence-electron chi connectivity index (χ3n) is 2.52. The number of rotatable bonds is 3. The van der Waals surface area contributed by atoms with Crippen LogP contribution in [0.4, 0.5) is 14.5 Å². The molecule has 1 heterocycles. The average molecular weight is 362 g/mol. The maximum atomic E-state index is 13.7. The van der Waals surface area contributed by atoms with Crippen molar-refractivity contribution in [3.63, 3.8) is 0 Å². The van der Waals surface area contributed by atoms with E-state index in [0.717, 1.165) is 23.7 Å². The van der Waals surface area contributed by atoms with Crippen molar-refractivity contribution in [2.75, 3.05) is 5.32 Å². The van der Waals surface area contributed by atoms with Crippen molar-refractivity contribution in [2.24, 2.45) is 0 Å². The van der Waals surface area contributed by atoms with Gasteiger partial charge in [0.1, 0.15) is 16.5 Å². The first kappa shape index (κ1) is 15.0. The van der Waals surface area contributed by atoms with Gasteiger partial charge < -0.3 is 5.32 Å². The molecule has 20 heavy (non-hydrogen) atoms. The Labute approximate surface area is 126 Å². The van der Waals surface area contributed by atoms with Crippen molar-refractivity contribution in [3.05, 3.63) is 38.8 Å². The number of nitrogens with one attached hydrogen (secondary N) is 1. The summed E-state index contributed by atoms with van der Waals surface area (Å²) in [5.74, 6) is -1.92. The van der Waals surface area contributed by atoms with Gasteiger partial charge >= 0.3 is 0 Å². The number of nitrogens with zero attached hydrogens (tertiary/aromatic N) is 2. The minimum Gasteiger partial charge on any atom is -0.319 e. The lowest BCUT2D eigenvalue weighted by molar-refractivity contribution is 0.102. The van der Waals surface area contributed by atoms with Gasteiger partial charge in [-0.15, -0.1) is 5.10 Å². The van der Waals surface area contributed by atoms with Crippen molar-refractivity contribution in [1.29, 1.82) is 0 Å². The molecule has 106 valence electrons. The SMILES string of the molecule is CC(C)c1nnsc1C(=O)Nc1cc(F)c(Br)cc1F. The van der Waals surface area contributed by atoms with Crippen LogP contribution in [-0.4, -0.2) is 15.5 Å². The fourth-order valence-corrected chi connectivity index (χ4v) is 2.56. The predicted octanol–water partition coefficient (Wildman–Crippen LogP) is 3.95. The molecule has 8 heteroatoms.